The van der Waals surface area contributed by atoms with Gasteiger partial charge in [0.2, 0.25) is 0 Å². The van der Waals surface area contributed by atoms with E-state index >= 15 is 0 Å². The van der Waals surface area contributed by atoms with Gasteiger partial charge in [0.15, 0.2) is 0 Å². The van der Waals surface area contributed by atoms with E-state index in [2.05, 4.69) is 31.9 Å². The maximum absolute atomic E-state index is 14.8. The fraction of sp³-hybridized carbons (Fsp3) is 1.00. The second-order valence-electron chi connectivity index (χ2n) is 12.5. The van der Waals surface area contributed by atoms with Crippen LogP contribution in [0.2, 0.25) is 0 Å². The summed E-state index contributed by atoms with van der Waals surface area (Å²) in [6.45, 7) is 0. The summed E-state index contributed by atoms with van der Waals surface area (Å²) in [5, 5.41) is 1.36. The van der Waals surface area contributed by atoms with Crippen LogP contribution in [0.15, 0.2) is 0 Å². The molecular weight excluding hydrogens is 862 g/mol. The molecule has 50 heavy (non-hydrogen) atoms. The lowest BCUT2D eigenvalue weighted by molar-refractivity contribution is -0.400. The Labute approximate surface area is 296 Å². The maximum atomic E-state index is 14.8. The number of unbranched alkanes of at least 4 members (excludes halogenated alkanes) is 12. The third-order valence-electron chi connectivity index (χ3n) is 8.54. The Morgan fingerprint density at radius 3 is 0.740 bits per heavy atom. The maximum Gasteiger partial charge on any atom is 0.460 e. The molecule has 0 radical (unpaired) electrons. The van der Waals surface area contributed by atoms with Crippen molar-refractivity contribution in [2.24, 2.45) is 11.8 Å². The van der Waals surface area contributed by atoms with Gasteiger partial charge in [0.05, 0.1) is 0 Å². The van der Waals surface area contributed by atoms with Crippen LogP contribution in [-0.4, -0.2) is 58.5 Å². The van der Waals surface area contributed by atoms with E-state index in [1.165, 1.54) is 0 Å². The molecule has 0 rings (SSSR count). The van der Waals surface area contributed by atoms with Gasteiger partial charge in [-0.3, -0.25) is 0 Å². The Morgan fingerprint density at radius 2 is 0.520 bits per heavy atom. The monoisotopic (exact) mass is 902 g/mol. The normalized spacial score (nSPS) is 15.8. The quantitative estimate of drug-likeness (QED) is 0.0438. The van der Waals surface area contributed by atoms with Gasteiger partial charge in [-0.1, -0.05) is 109 Å². The second kappa shape index (κ2) is 20.4. The second-order valence-corrected chi connectivity index (χ2v) is 14.1. The van der Waals surface area contributed by atoms with Crippen molar-refractivity contribution in [3.63, 3.8) is 0 Å². The van der Waals surface area contributed by atoms with Crippen molar-refractivity contribution in [3.05, 3.63) is 0 Å². The molecule has 20 heteroatoms. The molecule has 0 spiro atoms. The smallest absolute Gasteiger partial charge is 0.200 e. The number of halogens is 20. The summed E-state index contributed by atoms with van der Waals surface area (Å²) < 4.78 is 247. The summed E-state index contributed by atoms with van der Waals surface area (Å²) in [4.78, 5) is 0. The van der Waals surface area contributed by atoms with Crippen molar-refractivity contribution < 1.29 is 79.0 Å². The zero-order chi connectivity index (χ0) is 39.3. The van der Waals surface area contributed by atoms with Crippen LogP contribution >= 0.6 is 31.9 Å². The van der Waals surface area contributed by atoms with E-state index in [0.717, 1.165) is 25.7 Å². The molecule has 0 bridgehead atoms. The van der Waals surface area contributed by atoms with Gasteiger partial charge in [-0.05, 0) is 37.5 Å². The van der Waals surface area contributed by atoms with E-state index in [1.807, 2.05) is 0 Å². The Kier molecular flexibility index (Phi) is 20.3. The molecule has 0 saturated heterocycles. The van der Waals surface area contributed by atoms with E-state index in [4.69, 9.17) is 0 Å². The van der Waals surface area contributed by atoms with E-state index in [0.29, 0.717) is 49.2 Å². The lowest BCUT2D eigenvalue weighted by Gasteiger charge is -2.39. The van der Waals surface area contributed by atoms with Crippen molar-refractivity contribution in [1.82, 2.24) is 0 Å². The van der Waals surface area contributed by atoms with E-state index < -0.39 is 85.4 Å². The molecule has 2 atom stereocenters. The Bertz CT molecular complexity index is 860. The largest absolute Gasteiger partial charge is 0.460 e. The summed E-state index contributed by atoms with van der Waals surface area (Å²) >= 11 is 6.41. The standard InChI is InChI=1S/C30H42Br2F18/c31-17-13-9-5-1-3-7-11-15-21(19-23(33,34)25(37,38)27(41,42)29(45,46)47)22(16-12-8-4-2-6-10-14-18-32)20-24(35,36)26(39,40)28(43,44)30(48,49)50/h21-22H,1-20H2. The van der Waals surface area contributed by atoms with Crippen molar-refractivity contribution in [2.45, 2.75) is 163 Å². The van der Waals surface area contributed by atoms with Gasteiger partial charge in [0.1, 0.15) is 0 Å². The number of rotatable bonds is 27. The first kappa shape index (κ1) is 49.7. The number of hydrogen-bond donors (Lipinski definition) is 0. The lowest BCUT2D eigenvalue weighted by Crippen LogP contribution is -2.62. The molecule has 0 fully saturated rings. The van der Waals surface area contributed by atoms with Gasteiger partial charge in [-0.2, -0.15) is 79.0 Å². The molecule has 302 valence electrons. The van der Waals surface area contributed by atoms with Crippen molar-refractivity contribution in [3.8, 4) is 0 Å². The highest BCUT2D eigenvalue weighted by Crippen LogP contribution is 2.58. The van der Waals surface area contributed by atoms with Crippen molar-refractivity contribution in [2.75, 3.05) is 10.7 Å². The first-order chi connectivity index (χ1) is 22.6. The van der Waals surface area contributed by atoms with Gasteiger partial charge < -0.3 is 0 Å². The fourth-order valence-corrected chi connectivity index (χ4v) is 6.30. The van der Waals surface area contributed by atoms with Gasteiger partial charge in [-0.15, -0.1) is 0 Å². The van der Waals surface area contributed by atoms with Crippen LogP contribution in [0.1, 0.15) is 116 Å². The minimum Gasteiger partial charge on any atom is -0.200 e. The predicted molar refractivity (Wildman–Crippen MR) is 159 cm³/mol. The molecule has 0 aromatic heterocycles. The third-order valence-corrected chi connectivity index (χ3v) is 9.66. The topological polar surface area (TPSA) is 0 Å². The summed E-state index contributed by atoms with van der Waals surface area (Å²) in [6, 6.07) is 0. The number of alkyl halides is 20. The van der Waals surface area contributed by atoms with Gasteiger partial charge in [0.25, 0.3) is 0 Å². The minimum atomic E-state index is -7.36. The van der Waals surface area contributed by atoms with Crippen LogP contribution in [0.4, 0.5) is 79.0 Å². The molecule has 0 aliphatic rings. The molecule has 0 aromatic rings. The molecule has 0 N–H and O–H groups in total. The average molecular weight is 904 g/mol. The highest BCUT2D eigenvalue weighted by atomic mass is 79.9. The van der Waals surface area contributed by atoms with Crippen LogP contribution in [-0.2, 0) is 0 Å². The average Bonchev–Trinajstić information content (AvgIpc) is 2.96. The Balaban J connectivity index is 6.63. The Hall–Kier alpha value is -0.300. The summed E-state index contributed by atoms with van der Waals surface area (Å²) in [5.41, 5.74) is 0. The molecule has 0 heterocycles. The first-order valence-corrected chi connectivity index (χ1v) is 18.4. The molecular formula is C30H42Br2F18. The van der Waals surface area contributed by atoms with Crippen LogP contribution in [0, 0.1) is 11.8 Å². The zero-order valence-corrected chi connectivity index (χ0v) is 30.0. The Morgan fingerprint density at radius 1 is 0.300 bits per heavy atom. The van der Waals surface area contributed by atoms with Gasteiger partial charge >= 0.3 is 47.9 Å². The highest BCUT2D eigenvalue weighted by Gasteiger charge is 2.83. The lowest BCUT2D eigenvalue weighted by atomic mass is 9.75. The predicted octanol–water partition coefficient (Wildman–Crippen LogP) is 15.0. The van der Waals surface area contributed by atoms with Gasteiger partial charge in [-0.25, -0.2) is 0 Å². The summed E-state index contributed by atoms with van der Waals surface area (Å²) in [6.07, 6.45) is -16.3. The molecule has 0 saturated carbocycles. The van der Waals surface area contributed by atoms with Crippen LogP contribution in [0.3, 0.4) is 0 Å². The molecule has 0 aliphatic carbocycles. The molecule has 0 aliphatic heterocycles. The van der Waals surface area contributed by atoms with Crippen LogP contribution < -0.4 is 0 Å². The molecule has 0 aromatic carbocycles. The van der Waals surface area contributed by atoms with Crippen LogP contribution in [0.5, 0.6) is 0 Å². The SMILES string of the molecule is FC(F)(F)C(F)(F)C(F)(F)C(F)(F)CC(CCCCCCCCCBr)C(CCCCCCCCCBr)CC(F)(F)C(F)(F)C(F)(F)C(F)(F)F. The van der Waals surface area contributed by atoms with E-state index in [9.17, 15) is 79.0 Å². The zero-order valence-electron chi connectivity index (χ0n) is 26.9. The van der Waals surface area contributed by atoms with Crippen molar-refractivity contribution in [1.29, 1.82) is 0 Å². The summed E-state index contributed by atoms with van der Waals surface area (Å²) in [5.74, 6) is -46.7. The molecule has 0 nitrogen and oxygen atoms in total. The first-order valence-electron chi connectivity index (χ1n) is 16.1. The van der Waals surface area contributed by atoms with Crippen molar-refractivity contribution >= 4 is 31.9 Å². The fourth-order valence-electron chi connectivity index (χ4n) is 5.51. The minimum absolute atomic E-state index is 0.0469. The third kappa shape index (κ3) is 13.5. The van der Waals surface area contributed by atoms with Crippen LogP contribution in [0.25, 0.3) is 0 Å². The van der Waals surface area contributed by atoms with E-state index in [1.54, 1.807) is 0 Å². The van der Waals surface area contributed by atoms with E-state index in [-0.39, 0.29) is 25.7 Å². The molecule has 2 unspecified atom stereocenters. The summed E-state index contributed by atoms with van der Waals surface area (Å²) in [7, 11) is 0. The number of hydrogen-bond acceptors (Lipinski definition) is 0. The van der Waals surface area contributed by atoms with Gasteiger partial charge in [0, 0.05) is 23.5 Å². The molecule has 0 amide bonds. The highest BCUT2D eigenvalue weighted by molar-refractivity contribution is 9.09.